The van der Waals surface area contributed by atoms with Crippen LogP contribution in [0, 0.1) is 0 Å². The van der Waals surface area contributed by atoms with Gasteiger partial charge in [-0.1, -0.05) is 24.3 Å². The summed E-state index contributed by atoms with van der Waals surface area (Å²) in [5, 5.41) is 19.2. The Morgan fingerprint density at radius 2 is 1.90 bits per heavy atom. The molecule has 11 heteroatoms. The van der Waals surface area contributed by atoms with Gasteiger partial charge in [-0.2, -0.15) is 18.3 Å². The fourth-order valence-electron chi connectivity index (χ4n) is 6.02. The third kappa shape index (κ3) is 4.59. The van der Waals surface area contributed by atoms with Crippen LogP contribution >= 0.6 is 0 Å². The van der Waals surface area contributed by atoms with Crippen LogP contribution in [0.25, 0.3) is 22.2 Å². The van der Waals surface area contributed by atoms with E-state index >= 15 is 0 Å². The number of nitrogens with one attached hydrogen (secondary N) is 2. The third-order valence-corrected chi connectivity index (χ3v) is 8.24. The molecule has 3 aromatic carbocycles. The van der Waals surface area contributed by atoms with Crippen molar-refractivity contribution in [1.29, 1.82) is 0 Å². The second-order valence-corrected chi connectivity index (χ2v) is 10.7. The van der Waals surface area contributed by atoms with Gasteiger partial charge in [0.25, 0.3) is 0 Å². The molecule has 3 heterocycles. The number of H-pyrrole nitrogens is 1. The number of carbonyl (C=O) groups is 2. The van der Waals surface area contributed by atoms with Crippen molar-refractivity contribution in [2.24, 2.45) is 0 Å². The molecule has 3 aliphatic rings. The summed E-state index contributed by atoms with van der Waals surface area (Å²) < 4.78 is 37.2. The Hall–Kier alpha value is -4.38. The van der Waals surface area contributed by atoms with Crippen LogP contribution in [-0.2, 0) is 28.0 Å². The highest BCUT2D eigenvalue weighted by atomic mass is 19.4. The molecule has 1 aromatic heterocycles. The maximum Gasteiger partial charge on any atom is 0.490 e. The zero-order valence-electron chi connectivity index (χ0n) is 22.3. The number of hydrogen-bond donors (Lipinski definition) is 3. The number of amides is 1. The second kappa shape index (κ2) is 9.62. The number of carbonyl (C=O) groups excluding carboxylic acids is 1. The minimum Gasteiger partial charge on any atom is -0.497 e. The molecule has 3 N–H and O–H groups in total. The molecule has 0 bridgehead atoms. The smallest absolute Gasteiger partial charge is 0.490 e. The number of ether oxygens (including phenoxy) is 1. The lowest BCUT2D eigenvalue weighted by Gasteiger charge is -2.25. The highest BCUT2D eigenvalue weighted by molar-refractivity contribution is 6.10. The van der Waals surface area contributed by atoms with E-state index in [2.05, 4.69) is 63.9 Å². The van der Waals surface area contributed by atoms with Gasteiger partial charge in [0.15, 0.2) is 0 Å². The Labute approximate surface area is 233 Å². The molecule has 2 aliphatic heterocycles. The Bertz CT molecular complexity index is 1700. The number of aliphatic carboxylic acids is 1. The number of aromatic nitrogens is 2. The van der Waals surface area contributed by atoms with Gasteiger partial charge in [0.05, 0.1) is 23.7 Å². The van der Waals surface area contributed by atoms with Crippen LogP contribution in [-0.4, -0.2) is 59.0 Å². The molecule has 212 valence electrons. The molecule has 0 saturated heterocycles. The SMILES string of the molecule is COc1ccc2c(c1)[C@]1(C[C@H]1c1ccc3c(-c4ccc5c(c4)CN(C)CC5)n[nH]c3c1)C(=O)N2.O=C(O)C(F)(F)F. The summed E-state index contributed by atoms with van der Waals surface area (Å²) in [5.74, 6) is -1.74. The number of halogens is 3. The molecule has 1 spiro atoms. The quantitative estimate of drug-likeness (QED) is 0.314. The first-order valence-corrected chi connectivity index (χ1v) is 13.1. The van der Waals surface area contributed by atoms with Gasteiger partial charge in [0.1, 0.15) is 5.75 Å². The number of anilines is 1. The molecule has 7 rings (SSSR count). The van der Waals surface area contributed by atoms with Crippen LogP contribution < -0.4 is 10.1 Å². The lowest BCUT2D eigenvalue weighted by atomic mass is 9.91. The molecule has 0 radical (unpaired) electrons. The largest absolute Gasteiger partial charge is 0.497 e. The summed E-state index contributed by atoms with van der Waals surface area (Å²) in [6.45, 7) is 2.09. The average Bonchev–Trinajstić information content (AvgIpc) is 3.46. The van der Waals surface area contributed by atoms with Gasteiger partial charge in [-0.25, -0.2) is 4.79 Å². The Morgan fingerprint density at radius 1 is 1.12 bits per heavy atom. The van der Waals surface area contributed by atoms with Crippen molar-refractivity contribution < 1.29 is 32.6 Å². The van der Waals surface area contributed by atoms with Crippen molar-refractivity contribution in [3.05, 3.63) is 76.9 Å². The number of methoxy groups -OCH3 is 1. The minimum atomic E-state index is -5.08. The lowest BCUT2D eigenvalue weighted by Crippen LogP contribution is -2.26. The number of hydrogen-bond acceptors (Lipinski definition) is 5. The van der Waals surface area contributed by atoms with Crippen LogP contribution in [0.15, 0.2) is 54.6 Å². The van der Waals surface area contributed by atoms with Crippen LogP contribution in [0.3, 0.4) is 0 Å². The number of likely N-dealkylation sites (N-methyl/N-ethyl adjacent to an activating group) is 1. The number of alkyl halides is 3. The van der Waals surface area contributed by atoms with Crippen molar-refractivity contribution in [3.63, 3.8) is 0 Å². The summed E-state index contributed by atoms with van der Waals surface area (Å²) >= 11 is 0. The van der Waals surface area contributed by atoms with E-state index in [1.807, 2.05) is 18.2 Å². The van der Waals surface area contributed by atoms with Crippen LogP contribution in [0.2, 0.25) is 0 Å². The standard InChI is InChI=1S/C28H26N4O2.C2HF3O2/c1-32-10-9-16-3-4-18(11-19(16)15-32)26-21-7-5-17(12-25(21)30-31-26)23-14-28(23)22-13-20(34-2)6-8-24(22)29-27(28)33;3-2(4,5)1(6)7/h3-8,11-13,23H,9-10,14-15H2,1-2H3,(H,29,33)(H,30,31);(H,6,7)/t23-,28-;/m0./s1. The summed E-state index contributed by atoms with van der Waals surface area (Å²) in [6.07, 6.45) is -3.17. The molecule has 2 atom stereocenters. The number of benzene rings is 3. The Morgan fingerprint density at radius 3 is 2.63 bits per heavy atom. The summed E-state index contributed by atoms with van der Waals surface area (Å²) in [6, 6.07) is 19.1. The monoisotopic (exact) mass is 564 g/mol. The first kappa shape index (κ1) is 26.8. The maximum atomic E-state index is 13.0. The van der Waals surface area contributed by atoms with E-state index in [0.29, 0.717) is 0 Å². The Balaban J connectivity index is 0.000000387. The zero-order valence-corrected chi connectivity index (χ0v) is 22.3. The number of nitrogens with zero attached hydrogens (tertiary/aromatic N) is 2. The molecule has 0 unspecified atom stereocenters. The van der Waals surface area contributed by atoms with E-state index in [9.17, 15) is 18.0 Å². The molecule has 1 aliphatic carbocycles. The van der Waals surface area contributed by atoms with Crippen LogP contribution in [0.5, 0.6) is 5.75 Å². The number of aromatic amines is 1. The molecule has 4 aromatic rings. The number of carboxylic acids is 1. The predicted octanol–water partition coefficient (Wildman–Crippen LogP) is 5.24. The summed E-state index contributed by atoms with van der Waals surface area (Å²) in [7, 11) is 3.83. The van der Waals surface area contributed by atoms with Crippen molar-refractivity contribution in [1.82, 2.24) is 15.1 Å². The number of carboxylic acid groups (broad SMARTS) is 1. The van der Waals surface area contributed by atoms with Crippen molar-refractivity contribution in [2.75, 3.05) is 26.0 Å². The highest BCUT2D eigenvalue weighted by Gasteiger charge is 2.65. The number of rotatable bonds is 3. The van der Waals surface area contributed by atoms with E-state index in [1.165, 1.54) is 16.7 Å². The first-order chi connectivity index (χ1) is 19.5. The molecule has 1 amide bonds. The van der Waals surface area contributed by atoms with Crippen LogP contribution in [0.1, 0.15) is 34.6 Å². The highest BCUT2D eigenvalue weighted by Crippen LogP contribution is 2.65. The van der Waals surface area contributed by atoms with Gasteiger partial charge in [-0.05, 0) is 72.5 Å². The Kier molecular flexibility index (Phi) is 6.29. The average molecular weight is 565 g/mol. The van der Waals surface area contributed by atoms with E-state index in [-0.39, 0.29) is 11.8 Å². The minimum absolute atomic E-state index is 0.0881. The molecular weight excluding hydrogens is 537 g/mol. The van der Waals surface area contributed by atoms with Gasteiger partial charge in [-0.15, -0.1) is 0 Å². The third-order valence-electron chi connectivity index (χ3n) is 8.24. The van der Waals surface area contributed by atoms with E-state index < -0.39 is 17.6 Å². The molecule has 41 heavy (non-hydrogen) atoms. The van der Waals surface area contributed by atoms with Crippen molar-refractivity contribution >= 4 is 28.5 Å². The number of fused-ring (bicyclic) bond motifs is 4. The topological polar surface area (TPSA) is 108 Å². The fourth-order valence-corrected chi connectivity index (χ4v) is 6.02. The fraction of sp³-hybridized carbons (Fsp3) is 0.300. The first-order valence-electron chi connectivity index (χ1n) is 13.1. The van der Waals surface area contributed by atoms with E-state index in [1.54, 1.807) is 7.11 Å². The summed E-state index contributed by atoms with van der Waals surface area (Å²) in [5.41, 5.74) is 8.58. The lowest BCUT2D eigenvalue weighted by molar-refractivity contribution is -0.192. The molecule has 8 nitrogen and oxygen atoms in total. The van der Waals surface area contributed by atoms with Crippen molar-refractivity contribution in [3.8, 4) is 17.0 Å². The maximum absolute atomic E-state index is 13.0. The second-order valence-electron chi connectivity index (χ2n) is 10.7. The zero-order chi connectivity index (χ0) is 29.1. The molecule has 1 fully saturated rings. The van der Waals surface area contributed by atoms with E-state index in [0.717, 1.165) is 65.1 Å². The van der Waals surface area contributed by atoms with Crippen molar-refractivity contribution in [2.45, 2.75) is 36.9 Å². The van der Waals surface area contributed by atoms with E-state index in [4.69, 9.17) is 14.6 Å². The van der Waals surface area contributed by atoms with Gasteiger partial charge >= 0.3 is 12.1 Å². The van der Waals surface area contributed by atoms with Gasteiger partial charge < -0.3 is 20.1 Å². The van der Waals surface area contributed by atoms with Gasteiger partial charge in [-0.3, -0.25) is 9.89 Å². The van der Waals surface area contributed by atoms with Gasteiger partial charge in [0, 0.05) is 35.6 Å². The van der Waals surface area contributed by atoms with Crippen LogP contribution in [0.4, 0.5) is 18.9 Å². The molecule has 1 saturated carbocycles. The predicted molar refractivity (Wildman–Crippen MR) is 146 cm³/mol. The van der Waals surface area contributed by atoms with Gasteiger partial charge in [0.2, 0.25) is 5.91 Å². The normalized spacial score (nSPS) is 21.1. The summed E-state index contributed by atoms with van der Waals surface area (Å²) in [4.78, 5) is 24.3. The molecular formula is C30H27F3N4O4.